The molecule has 3 rings (SSSR count). The Kier molecular flexibility index (Phi) is 5.20. The van der Waals surface area contributed by atoms with Gasteiger partial charge in [0.05, 0.1) is 0 Å². The van der Waals surface area contributed by atoms with Gasteiger partial charge in [0.25, 0.3) is 0 Å². The van der Waals surface area contributed by atoms with Crippen LogP contribution in [0.5, 0.6) is 11.5 Å². The van der Waals surface area contributed by atoms with Gasteiger partial charge < -0.3 is 19.7 Å². The molecule has 0 spiro atoms. The lowest BCUT2D eigenvalue weighted by molar-refractivity contribution is -0.215. The summed E-state index contributed by atoms with van der Waals surface area (Å²) in [7, 11) is 0. The summed E-state index contributed by atoms with van der Waals surface area (Å²) in [5.74, 6) is -3.27. The Bertz CT molecular complexity index is 793. The molecule has 5 nitrogen and oxygen atoms in total. The number of aliphatic hydroxyl groups is 1. The second-order valence-electron chi connectivity index (χ2n) is 5.62. The molecule has 1 atom stereocenters. The second kappa shape index (κ2) is 7.72. The third kappa shape index (κ3) is 3.68. The summed E-state index contributed by atoms with van der Waals surface area (Å²) in [6, 6.07) is 25.2. The molecule has 1 unspecified atom stereocenters. The summed E-state index contributed by atoms with van der Waals surface area (Å²) >= 11 is 0. The first-order valence-corrected chi connectivity index (χ1v) is 8.06. The highest BCUT2D eigenvalue weighted by atomic mass is 16.7. The van der Waals surface area contributed by atoms with Crippen LogP contribution in [0.2, 0.25) is 0 Å². The van der Waals surface area contributed by atoms with Crippen molar-refractivity contribution in [3.8, 4) is 11.5 Å². The molecule has 0 aliphatic heterocycles. The molecule has 26 heavy (non-hydrogen) atoms. The zero-order chi connectivity index (χ0) is 18.4. The van der Waals surface area contributed by atoms with Crippen LogP contribution in [0.15, 0.2) is 91.0 Å². The van der Waals surface area contributed by atoms with E-state index in [0.29, 0.717) is 5.56 Å². The van der Waals surface area contributed by atoms with Crippen molar-refractivity contribution >= 4 is 5.97 Å². The molecule has 0 bridgehead atoms. The average Bonchev–Trinajstić information content (AvgIpc) is 2.69. The Morgan fingerprint density at radius 1 is 0.731 bits per heavy atom. The van der Waals surface area contributed by atoms with Gasteiger partial charge in [0.1, 0.15) is 11.5 Å². The van der Waals surface area contributed by atoms with Gasteiger partial charge in [-0.2, -0.15) is 0 Å². The van der Waals surface area contributed by atoms with Crippen molar-refractivity contribution < 1.29 is 24.5 Å². The maximum Gasteiger partial charge on any atom is 0.393 e. The van der Waals surface area contributed by atoms with E-state index in [1.165, 1.54) is 0 Å². The lowest BCUT2D eigenvalue weighted by Gasteiger charge is -2.34. The molecular formula is C21H18O5. The van der Waals surface area contributed by atoms with Gasteiger partial charge in [-0.25, -0.2) is 4.79 Å². The number of hydrogen-bond acceptors (Lipinski definition) is 4. The van der Waals surface area contributed by atoms with Crippen molar-refractivity contribution in [1.82, 2.24) is 0 Å². The second-order valence-corrected chi connectivity index (χ2v) is 5.62. The number of rotatable bonds is 7. The first-order chi connectivity index (χ1) is 12.6. The van der Waals surface area contributed by atoms with Gasteiger partial charge in [0.15, 0.2) is 6.10 Å². The standard InChI is InChI=1S/C21H18O5/c22-19(16-10-4-1-5-11-16)21(20(23)24,25-17-12-6-2-7-13-17)26-18-14-8-3-9-15-18/h1-15,19,22H,(H,23,24). The molecule has 0 fully saturated rings. The molecule has 0 heterocycles. The van der Waals surface area contributed by atoms with Crippen molar-refractivity contribution in [3.63, 3.8) is 0 Å². The van der Waals surface area contributed by atoms with Gasteiger partial charge in [-0.05, 0) is 29.8 Å². The predicted octanol–water partition coefficient (Wildman–Crippen LogP) is 3.66. The molecule has 0 aliphatic rings. The molecule has 3 aromatic rings. The van der Waals surface area contributed by atoms with E-state index in [2.05, 4.69) is 0 Å². The van der Waals surface area contributed by atoms with E-state index in [1.807, 2.05) is 0 Å². The maximum absolute atomic E-state index is 12.2. The molecule has 0 saturated carbocycles. The zero-order valence-electron chi connectivity index (χ0n) is 13.9. The Balaban J connectivity index is 2.07. The van der Waals surface area contributed by atoms with Gasteiger partial charge in [-0.3, -0.25) is 0 Å². The normalized spacial score (nSPS) is 12.2. The highest BCUT2D eigenvalue weighted by Gasteiger charge is 2.52. The molecule has 5 heteroatoms. The lowest BCUT2D eigenvalue weighted by atomic mass is 10.0. The minimum atomic E-state index is -2.36. The van der Waals surface area contributed by atoms with Crippen LogP contribution in [-0.4, -0.2) is 22.0 Å². The average molecular weight is 350 g/mol. The van der Waals surface area contributed by atoms with Gasteiger partial charge in [-0.1, -0.05) is 66.7 Å². The minimum Gasteiger partial charge on any atom is -0.475 e. The van der Waals surface area contributed by atoms with Crippen LogP contribution >= 0.6 is 0 Å². The van der Waals surface area contributed by atoms with Crippen LogP contribution in [0, 0.1) is 0 Å². The number of carbonyl (C=O) groups is 1. The molecular weight excluding hydrogens is 332 g/mol. The molecule has 0 saturated heterocycles. The smallest absolute Gasteiger partial charge is 0.393 e. The summed E-state index contributed by atoms with van der Waals surface area (Å²) in [5.41, 5.74) is 0.363. The Morgan fingerprint density at radius 2 is 1.12 bits per heavy atom. The lowest BCUT2D eigenvalue weighted by Crippen LogP contribution is -2.55. The fourth-order valence-electron chi connectivity index (χ4n) is 2.52. The Labute approximate surface area is 151 Å². The van der Waals surface area contributed by atoms with Crippen LogP contribution in [0.3, 0.4) is 0 Å². The van der Waals surface area contributed by atoms with E-state index in [0.717, 1.165) is 0 Å². The fourth-order valence-corrected chi connectivity index (χ4v) is 2.52. The SMILES string of the molecule is O=C(O)C(Oc1ccccc1)(Oc1ccccc1)C(O)c1ccccc1. The maximum atomic E-state index is 12.2. The Morgan fingerprint density at radius 3 is 1.50 bits per heavy atom. The predicted molar refractivity (Wildman–Crippen MR) is 95.9 cm³/mol. The highest BCUT2D eigenvalue weighted by Crippen LogP contribution is 2.34. The van der Waals surface area contributed by atoms with E-state index in [-0.39, 0.29) is 11.5 Å². The molecule has 0 aromatic heterocycles. The summed E-state index contributed by atoms with van der Waals surface area (Å²) in [4.78, 5) is 12.2. The van der Waals surface area contributed by atoms with Crippen LogP contribution in [0.1, 0.15) is 11.7 Å². The molecule has 0 radical (unpaired) electrons. The van der Waals surface area contributed by atoms with Gasteiger partial charge in [-0.15, -0.1) is 0 Å². The number of hydrogen-bond donors (Lipinski definition) is 2. The van der Waals surface area contributed by atoms with Crippen molar-refractivity contribution in [3.05, 3.63) is 96.6 Å². The van der Waals surface area contributed by atoms with Crippen LogP contribution in [0.25, 0.3) is 0 Å². The number of aliphatic hydroxyl groups excluding tert-OH is 1. The number of aliphatic carboxylic acids is 1. The minimum absolute atomic E-state index is 0.265. The van der Waals surface area contributed by atoms with Crippen LogP contribution in [0.4, 0.5) is 0 Å². The third-order valence-electron chi connectivity index (χ3n) is 3.80. The molecule has 132 valence electrons. The van der Waals surface area contributed by atoms with Crippen molar-refractivity contribution in [1.29, 1.82) is 0 Å². The van der Waals surface area contributed by atoms with Crippen molar-refractivity contribution in [2.45, 2.75) is 11.9 Å². The first kappa shape index (κ1) is 17.5. The molecule has 0 amide bonds. The van der Waals surface area contributed by atoms with Crippen molar-refractivity contribution in [2.75, 3.05) is 0 Å². The van der Waals surface area contributed by atoms with E-state index in [9.17, 15) is 15.0 Å². The van der Waals surface area contributed by atoms with E-state index >= 15 is 0 Å². The van der Waals surface area contributed by atoms with Crippen LogP contribution < -0.4 is 9.47 Å². The Hall–Kier alpha value is -3.31. The number of carboxylic acid groups (broad SMARTS) is 1. The largest absolute Gasteiger partial charge is 0.475 e. The topological polar surface area (TPSA) is 76.0 Å². The summed E-state index contributed by atoms with van der Waals surface area (Å²) < 4.78 is 11.4. The number of ether oxygens (including phenoxy) is 2. The third-order valence-corrected chi connectivity index (χ3v) is 3.80. The fraction of sp³-hybridized carbons (Fsp3) is 0.0952. The van der Waals surface area contributed by atoms with Gasteiger partial charge in [0.2, 0.25) is 0 Å². The quantitative estimate of drug-likeness (QED) is 0.636. The molecule has 3 aromatic carbocycles. The molecule has 2 N–H and O–H groups in total. The zero-order valence-corrected chi connectivity index (χ0v) is 13.9. The molecule has 0 aliphatic carbocycles. The summed E-state index contributed by atoms with van der Waals surface area (Å²) in [6.07, 6.45) is -1.57. The van der Waals surface area contributed by atoms with Crippen molar-refractivity contribution in [2.24, 2.45) is 0 Å². The number of benzene rings is 3. The van der Waals surface area contributed by atoms with E-state index < -0.39 is 17.9 Å². The van der Waals surface area contributed by atoms with Gasteiger partial charge >= 0.3 is 11.8 Å². The highest BCUT2D eigenvalue weighted by molar-refractivity contribution is 5.78. The summed E-state index contributed by atoms with van der Waals surface area (Å²) in [6.45, 7) is 0. The number of para-hydroxylation sites is 2. The monoisotopic (exact) mass is 350 g/mol. The number of carboxylic acids is 1. The first-order valence-electron chi connectivity index (χ1n) is 8.06. The summed E-state index contributed by atoms with van der Waals surface area (Å²) in [5, 5.41) is 20.9. The van der Waals surface area contributed by atoms with Gasteiger partial charge in [0, 0.05) is 0 Å². The van der Waals surface area contributed by atoms with E-state index in [4.69, 9.17) is 9.47 Å². The van der Waals surface area contributed by atoms with Crippen LogP contribution in [-0.2, 0) is 4.79 Å². The van der Waals surface area contributed by atoms with E-state index in [1.54, 1.807) is 91.0 Å².